The minimum atomic E-state index is -0.622. The minimum Gasteiger partial charge on any atom is -0.450 e. The van der Waals surface area contributed by atoms with Gasteiger partial charge in [0, 0.05) is 11.6 Å². The SMILES string of the molecule is Cl.Cl.NC(=O)c1oc2ccccc2c1-c1ccc(Cl)cn1. The van der Waals surface area contributed by atoms with Gasteiger partial charge in [0.15, 0.2) is 0 Å². The zero-order valence-corrected chi connectivity index (χ0v) is 13.0. The summed E-state index contributed by atoms with van der Waals surface area (Å²) < 4.78 is 5.50. The molecule has 0 unspecified atom stereocenters. The van der Waals surface area contributed by atoms with E-state index in [1.54, 1.807) is 18.2 Å². The Kier molecular flexibility index (Phi) is 5.61. The molecule has 0 bridgehead atoms. The van der Waals surface area contributed by atoms with Gasteiger partial charge in [0.1, 0.15) is 5.58 Å². The highest BCUT2D eigenvalue weighted by Gasteiger charge is 2.20. The Morgan fingerprint density at radius 3 is 2.48 bits per heavy atom. The van der Waals surface area contributed by atoms with E-state index in [9.17, 15) is 4.79 Å². The summed E-state index contributed by atoms with van der Waals surface area (Å²) in [5.41, 5.74) is 7.16. The first-order valence-corrected chi connectivity index (χ1v) is 5.98. The van der Waals surface area contributed by atoms with Crippen molar-refractivity contribution in [2.24, 2.45) is 5.73 Å². The number of carbonyl (C=O) groups is 1. The van der Waals surface area contributed by atoms with E-state index >= 15 is 0 Å². The number of amides is 1. The summed E-state index contributed by atoms with van der Waals surface area (Å²) in [4.78, 5) is 15.7. The smallest absolute Gasteiger partial charge is 0.285 e. The molecule has 110 valence electrons. The highest BCUT2D eigenvalue weighted by molar-refractivity contribution is 6.30. The van der Waals surface area contributed by atoms with Crippen LogP contribution in [0.2, 0.25) is 5.02 Å². The van der Waals surface area contributed by atoms with Crippen molar-refractivity contribution in [3.63, 3.8) is 0 Å². The summed E-state index contributed by atoms with van der Waals surface area (Å²) in [5.74, 6) is -0.515. The van der Waals surface area contributed by atoms with Crippen LogP contribution in [-0.4, -0.2) is 10.9 Å². The second kappa shape index (κ2) is 6.80. The molecule has 0 aliphatic rings. The van der Waals surface area contributed by atoms with Crippen LogP contribution in [0.25, 0.3) is 22.2 Å². The number of primary amides is 1. The topological polar surface area (TPSA) is 69.1 Å². The van der Waals surface area contributed by atoms with E-state index in [0.717, 1.165) is 5.39 Å². The summed E-state index contributed by atoms with van der Waals surface area (Å²) in [7, 11) is 0. The van der Waals surface area contributed by atoms with E-state index in [1.807, 2.05) is 18.2 Å². The van der Waals surface area contributed by atoms with Crippen molar-refractivity contribution in [2.45, 2.75) is 0 Å². The van der Waals surface area contributed by atoms with Crippen LogP contribution in [0.3, 0.4) is 0 Å². The zero-order valence-electron chi connectivity index (χ0n) is 10.6. The van der Waals surface area contributed by atoms with Crippen molar-refractivity contribution >= 4 is 53.3 Å². The lowest BCUT2D eigenvalue weighted by atomic mass is 10.1. The van der Waals surface area contributed by atoms with Crippen LogP contribution in [0.1, 0.15) is 10.6 Å². The zero-order chi connectivity index (χ0) is 13.4. The van der Waals surface area contributed by atoms with Gasteiger partial charge in [-0.2, -0.15) is 0 Å². The molecule has 0 fully saturated rings. The first kappa shape index (κ1) is 17.3. The molecule has 0 spiro atoms. The first-order chi connectivity index (χ1) is 9.16. The molecular weight excluding hydrogens is 335 g/mol. The van der Waals surface area contributed by atoms with Crippen LogP contribution in [0, 0.1) is 0 Å². The summed E-state index contributed by atoms with van der Waals surface area (Å²) in [5, 5.41) is 1.32. The average molecular weight is 346 g/mol. The van der Waals surface area contributed by atoms with Crippen molar-refractivity contribution in [1.29, 1.82) is 0 Å². The number of hydrogen-bond acceptors (Lipinski definition) is 3. The molecule has 0 aliphatic carbocycles. The third-order valence-corrected chi connectivity index (χ3v) is 3.03. The van der Waals surface area contributed by atoms with E-state index in [4.69, 9.17) is 21.8 Å². The summed E-state index contributed by atoms with van der Waals surface area (Å²) >= 11 is 5.82. The lowest BCUT2D eigenvalue weighted by molar-refractivity contribution is 0.0977. The maximum atomic E-state index is 11.5. The number of rotatable bonds is 2. The van der Waals surface area contributed by atoms with Crippen LogP contribution >= 0.6 is 36.4 Å². The van der Waals surface area contributed by atoms with Gasteiger partial charge < -0.3 is 10.2 Å². The van der Waals surface area contributed by atoms with Crippen LogP contribution in [0.5, 0.6) is 0 Å². The first-order valence-electron chi connectivity index (χ1n) is 5.60. The number of fused-ring (bicyclic) bond motifs is 1. The van der Waals surface area contributed by atoms with Crippen LogP contribution in [0.4, 0.5) is 0 Å². The molecule has 3 aromatic rings. The summed E-state index contributed by atoms with van der Waals surface area (Å²) in [6, 6.07) is 10.8. The van der Waals surface area contributed by atoms with Gasteiger partial charge in [0.05, 0.1) is 16.3 Å². The van der Waals surface area contributed by atoms with Gasteiger partial charge in [-0.15, -0.1) is 24.8 Å². The van der Waals surface area contributed by atoms with Gasteiger partial charge in [-0.25, -0.2) is 0 Å². The Balaban J connectivity index is 0.00000110. The quantitative estimate of drug-likeness (QED) is 0.760. The second-order valence-corrected chi connectivity index (χ2v) is 4.46. The maximum absolute atomic E-state index is 11.5. The number of hydrogen-bond donors (Lipinski definition) is 1. The van der Waals surface area contributed by atoms with E-state index in [-0.39, 0.29) is 30.6 Å². The van der Waals surface area contributed by atoms with Gasteiger partial charge in [-0.3, -0.25) is 9.78 Å². The largest absolute Gasteiger partial charge is 0.450 e. The molecule has 4 nitrogen and oxygen atoms in total. The Bertz CT molecular complexity index is 769. The fourth-order valence-electron chi connectivity index (χ4n) is 2.00. The van der Waals surface area contributed by atoms with E-state index in [2.05, 4.69) is 4.98 Å². The van der Waals surface area contributed by atoms with Crippen LogP contribution in [-0.2, 0) is 0 Å². The Hall–Kier alpha value is -1.75. The molecule has 0 atom stereocenters. The van der Waals surface area contributed by atoms with Gasteiger partial charge >= 0.3 is 0 Å². The van der Waals surface area contributed by atoms with Crippen molar-refractivity contribution in [3.8, 4) is 11.3 Å². The molecule has 0 radical (unpaired) electrons. The molecule has 0 aliphatic heterocycles. The van der Waals surface area contributed by atoms with Gasteiger partial charge in [0.2, 0.25) is 5.76 Å². The number of nitrogens with zero attached hydrogens (tertiary/aromatic N) is 1. The van der Waals surface area contributed by atoms with E-state index in [0.29, 0.717) is 21.9 Å². The number of furan rings is 1. The van der Waals surface area contributed by atoms with Crippen molar-refractivity contribution in [1.82, 2.24) is 4.98 Å². The Morgan fingerprint density at radius 2 is 1.86 bits per heavy atom. The molecule has 2 heterocycles. The van der Waals surface area contributed by atoms with Crippen LogP contribution in [0.15, 0.2) is 47.0 Å². The third kappa shape index (κ3) is 3.13. The molecule has 21 heavy (non-hydrogen) atoms. The van der Waals surface area contributed by atoms with E-state index in [1.165, 1.54) is 6.20 Å². The molecular formula is C14H11Cl3N2O2. The molecule has 2 aromatic heterocycles. The monoisotopic (exact) mass is 344 g/mol. The predicted molar refractivity (Wildman–Crippen MR) is 87.5 cm³/mol. The molecule has 2 N–H and O–H groups in total. The summed E-state index contributed by atoms with van der Waals surface area (Å²) in [6.45, 7) is 0. The number of carbonyl (C=O) groups excluding carboxylic acids is 1. The maximum Gasteiger partial charge on any atom is 0.285 e. The Labute approximate surface area is 138 Å². The molecule has 1 amide bonds. The lowest BCUT2D eigenvalue weighted by Crippen LogP contribution is -2.11. The highest BCUT2D eigenvalue weighted by Crippen LogP contribution is 2.33. The third-order valence-electron chi connectivity index (χ3n) is 2.80. The fourth-order valence-corrected chi connectivity index (χ4v) is 2.11. The van der Waals surface area contributed by atoms with Gasteiger partial charge in [0.25, 0.3) is 5.91 Å². The highest BCUT2D eigenvalue weighted by atomic mass is 35.5. The van der Waals surface area contributed by atoms with Crippen molar-refractivity contribution in [2.75, 3.05) is 0 Å². The Morgan fingerprint density at radius 1 is 1.14 bits per heavy atom. The molecule has 0 saturated carbocycles. The molecule has 0 saturated heterocycles. The minimum absolute atomic E-state index is 0. The fraction of sp³-hybridized carbons (Fsp3) is 0. The van der Waals surface area contributed by atoms with Crippen molar-refractivity contribution < 1.29 is 9.21 Å². The molecule has 7 heteroatoms. The number of halogens is 3. The van der Waals surface area contributed by atoms with Crippen molar-refractivity contribution in [3.05, 3.63) is 53.4 Å². The number of nitrogens with two attached hydrogens (primary N) is 1. The average Bonchev–Trinajstić information content (AvgIpc) is 2.79. The predicted octanol–water partition coefficient (Wildman–Crippen LogP) is 4.09. The second-order valence-electron chi connectivity index (χ2n) is 4.03. The standard InChI is InChI=1S/C14H9ClN2O2.2ClH/c15-8-5-6-10(17-7-8)12-9-3-1-2-4-11(9)19-13(12)14(16)18;;/h1-7H,(H2,16,18);2*1H. The molecule has 1 aromatic carbocycles. The number of aromatic nitrogens is 1. The number of para-hydroxylation sites is 1. The number of benzene rings is 1. The van der Waals surface area contributed by atoms with Gasteiger partial charge in [-0.05, 0) is 18.2 Å². The molecule has 3 rings (SSSR count). The normalized spacial score (nSPS) is 9.76. The van der Waals surface area contributed by atoms with E-state index < -0.39 is 5.91 Å². The van der Waals surface area contributed by atoms with Gasteiger partial charge in [-0.1, -0.05) is 29.8 Å². The van der Waals surface area contributed by atoms with Crippen LogP contribution < -0.4 is 5.73 Å². The number of pyridine rings is 1. The summed E-state index contributed by atoms with van der Waals surface area (Å²) in [6.07, 6.45) is 1.52. The lowest BCUT2D eigenvalue weighted by Gasteiger charge is -2.00.